The first-order valence-electron chi connectivity index (χ1n) is 16.2. The summed E-state index contributed by atoms with van der Waals surface area (Å²) in [4.78, 5) is 80.6. The Labute approximate surface area is 373 Å². The van der Waals surface area contributed by atoms with Crippen molar-refractivity contribution < 1.29 is 69.6 Å². The Morgan fingerprint density at radius 2 is 0.679 bits per heavy atom. The number of hydrogen-bond acceptors (Lipinski definition) is 14. The molecule has 2 aromatic rings. The Bertz CT molecular complexity index is 1630. The summed E-state index contributed by atoms with van der Waals surface area (Å²) in [5.41, 5.74) is -2.46. The summed E-state index contributed by atoms with van der Waals surface area (Å²) in [6, 6.07) is 0. The molecule has 56 heavy (non-hydrogen) atoms. The van der Waals surface area contributed by atoms with Crippen molar-refractivity contribution in [2.24, 2.45) is 0 Å². The van der Waals surface area contributed by atoms with Crippen LogP contribution in [0.1, 0.15) is 48.4 Å². The average Bonchev–Trinajstić information content (AvgIpc) is 3.13. The van der Waals surface area contributed by atoms with Gasteiger partial charge in [-0.05, 0) is 118 Å². The zero-order valence-electron chi connectivity index (χ0n) is 29.8. The molecule has 0 aromatic heterocycles. The van der Waals surface area contributed by atoms with Crippen LogP contribution >= 0.6 is 90.4 Å². The number of hydrogen-bond donors (Lipinski definition) is 14. The van der Waals surface area contributed by atoms with E-state index < -0.39 is 98.4 Å². The normalized spacial score (nSPS) is 14.4. The Balaban J connectivity index is 3.49. The summed E-state index contributed by atoms with van der Waals surface area (Å²) >= 11 is 6.68. The molecule has 2 rings (SSSR count). The standard InChI is InChI=1S/C32H40I4N6O14/c1-9(45)27(51)39-23-15(24(40-28(52)10(2)46)20(34)17(19(23)33)31(55)37-5-13(49)7-43)16-25(41-29(53)11(3)47)21(35)18(32(56)38-6-14(50)8-44)22(36)26(16)42-30(54)12(4)48/h9-14,43-50H,5-8H2,1-4H3,(H,37,55)(H,38,56)(H,39,51)(H,40,52)(H,41,53)(H,42,54). The second kappa shape index (κ2) is 22.3. The summed E-state index contributed by atoms with van der Waals surface area (Å²) in [7, 11) is 0. The van der Waals surface area contributed by atoms with E-state index in [0.717, 1.165) is 27.7 Å². The minimum Gasteiger partial charge on any atom is -0.394 e. The molecular weight excluding hydrogens is 1200 g/mol. The molecule has 0 saturated heterocycles. The molecule has 0 heterocycles. The lowest BCUT2D eigenvalue weighted by molar-refractivity contribution is -0.123. The molecule has 310 valence electrons. The summed E-state index contributed by atoms with van der Waals surface area (Å²) in [6.45, 7) is 2.13. The van der Waals surface area contributed by atoms with Crippen molar-refractivity contribution in [1.82, 2.24) is 10.6 Å². The Morgan fingerprint density at radius 1 is 0.464 bits per heavy atom. The van der Waals surface area contributed by atoms with Crippen molar-refractivity contribution in [3.05, 3.63) is 25.4 Å². The highest BCUT2D eigenvalue weighted by molar-refractivity contribution is 14.1. The van der Waals surface area contributed by atoms with Gasteiger partial charge >= 0.3 is 0 Å². The fourth-order valence-electron chi connectivity index (χ4n) is 4.39. The van der Waals surface area contributed by atoms with Crippen molar-refractivity contribution in [3.63, 3.8) is 0 Å². The van der Waals surface area contributed by atoms with Gasteiger partial charge in [0.1, 0.15) is 24.4 Å². The number of rotatable bonds is 17. The van der Waals surface area contributed by atoms with Gasteiger partial charge in [-0.1, -0.05) is 0 Å². The van der Waals surface area contributed by atoms with Crippen LogP contribution in [0.15, 0.2) is 0 Å². The first-order chi connectivity index (χ1) is 26.0. The molecule has 6 unspecified atom stereocenters. The van der Waals surface area contributed by atoms with Gasteiger partial charge in [0, 0.05) is 24.2 Å². The summed E-state index contributed by atoms with van der Waals surface area (Å²) in [6.07, 6.45) is -9.57. The smallest absolute Gasteiger partial charge is 0.253 e. The SMILES string of the molecule is CC(O)C(=O)Nc1c(I)c(C(=O)NCC(O)CO)c(I)c(NC(=O)C(C)O)c1-c1c(NC(=O)C(C)O)c(I)c(C(=O)NCC(O)CO)c(I)c1NC(=O)C(C)O. The Hall–Kier alpha value is -2.14. The number of aliphatic hydroxyl groups is 8. The monoisotopic (exact) mass is 1240 g/mol. The zero-order chi connectivity index (χ0) is 42.9. The highest BCUT2D eigenvalue weighted by Gasteiger charge is 2.36. The van der Waals surface area contributed by atoms with Gasteiger partial charge in [-0.15, -0.1) is 0 Å². The first kappa shape index (κ1) is 50.0. The van der Waals surface area contributed by atoms with Crippen LogP contribution in [0, 0.1) is 14.3 Å². The Morgan fingerprint density at radius 3 is 0.857 bits per heavy atom. The predicted molar refractivity (Wildman–Crippen MR) is 235 cm³/mol. The van der Waals surface area contributed by atoms with Gasteiger partial charge in [0.15, 0.2) is 0 Å². The molecule has 0 aliphatic rings. The lowest BCUT2D eigenvalue weighted by Crippen LogP contribution is -2.36. The fourth-order valence-corrected chi connectivity index (χ4v) is 9.10. The van der Waals surface area contributed by atoms with Crippen molar-refractivity contribution in [2.75, 3.05) is 47.6 Å². The van der Waals surface area contributed by atoms with Crippen molar-refractivity contribution in [1.29, 1.82) is 0 Å². The number of carbonyl (C=O) groups excluding carboxylic acids is 6. The molecule has 0 radical (unpaired) electrons. The lowest BCUT2D eigenvalue weighted by atomic mass is 9.93. The highest BCUT2D eigenvalue weighted by atomic mass is 127. The topological polar surface area (TPSA) is 336 Å². The van der Waals surface area contributed by atoms with E-state index in [1.165, 1.54) is 0 Å². The minimum atomic E-state index is -1.70. The lowest BCUT2D eigenvalue weighted by Gasteiger charge is -2.29. The molecule has 14 N–H and O–H groups in total. The molecule has 0 saturated carbocycles. The van der Waals surface area contributed by atoms with E-state index in [1.54, 1.807) is 90.4 Å². The van der Waals surface area contributed by atoms with Crippen molar-refractivity contribution in [3.8, 4) is 11.1 Å². The number of halogens is 4. The van der Waals surface area contributed by atoms with Crippen molar-refractivity contribution >= 4 is 149 Å². The molecular formula is C32H40I4N6O14. The highest BCUT2D eigenvalue weighted by Crippen LogP contribution is 2.52. The van der Waals surface area contributed by atoms with E-state index in [0.29, 0.717) is 0 Å². The summed E-state index contributed by atoms with van der Waals surface area (Å²) in [5, 5.41) is 94.5. The largest absolute Gasteiger partial charge is 0.394 e. The first-order valence-corrected chi connectivity index (χ1v) is 20.5. The maximum Gasteiger partial charge on any atom is 0.253 e. The third kappa shape index (κ3) is 12.4. The van der Waals surface area contributed by atoms with Crippen LogP contribution < -0.4 is 31.9 Å². The number of benzene rings is 2. The van der Waals surface area contributed by atoms with Gasteiger partial charge in [-0.2, -0.15) is 0 Å². The van der Waals surface area contributed by atoms with Gasteiger partial charge < -0.3 is 72.8 Å². The van der Waals surface area contributed by atoms with Crippen molar-refractivity contribution in [2.45, 2.75) is 64.3 Å². The number of carbonyl (C=O) groups is 6. The molecule has 0 aliphatic carbocycles. The van der Waals surface area contributed by atoms with Crippen LogP contribution in [0.5, 0.6) is 0 Å². The molecule has 0 bridgehead atoms. The third-order valence-electron chi connectivity index (χ3n) is 7.39. The molecule has 2 aromatic carbocycles. The molecule has 0 aliphatic heterocycles. The third-order valence-corrected chi connectivity index (χ3v) is 11.7. The maximum absolute atomic E-state index is 13.7. The maximum atomic E-state index is 13.7. The summed E-state index contributed by atoms with van der Waals surface area (Å²) < 4.78 is -0.361. The van der Waals surface area contributed by atoms with E-state index in [1.807, 2.05) is 0 Å². The molecule has 6 amide bonds. The van der Waals surface area contributed by atoms with E-state index in [4.69, 9.17) is 0 Å². The minimum absolute atomic E-state index is 0.0903. The number of anilines is 4. The van der Waals surface area contributed by atoms with E-state index in [2.05, 4.69) is 31.9 Å². The van der Waals surface area contributed by atoms with Gasteiger partial charge in [0.2, 0.25) is 0 Å². The van der Waals surface area contributed by atoms with Crippen LogP contribution in [0.2, 0.25) is 0 Å². The fraction of sp³-hybridized carbons (Fsp3) is 0.438. The number of aliphatic hydroxyl groups excluding tert-OH is 8. The number of amides is 6. The predicted octanol–water partition coefficient (Wildman–Crippen LogP) is -0.785. The second-order valence-electron chi connectivity index (χ2n) is 12.0. The Kier molecular flexibility index (Phi) is 19.9. The molecule has 6 atom stereocenters. The van der Waals surface area contributed by atoms with Gasteiger partial charge in [0.25, 0.3) is 35.4 Å². The average molecular weight is 1240 g/mol. The molecule has 0 fully saturated rings. The van der Waals surface area contributed by atoms with Crippen LogP contribution in [0.25, 0.3) is 11.1 Å². The van der Waals surface area contributed by atoms with Crippen LogP contribution in [0.4, 0.5) is 22.7 Å². The number of nitrogens with one attached hydrogen (secondary N) is 6. The zero-order valence-corrected chi connectivity index (χ0v) is 38.5. The van der Waals surface area contributed by atoms with Gasteiger partial charge in [-0.25, -0.2) is 0 Å². The molecule has 0 spiro atoms. The van der Waals surface area contributed by atoms with Crippen LogP contribution in [-0.2, 0) is 19.2 Å². The van der Waals surface area contributed by atoms with Gasteiger partial charge in [0.05, 0.1) is 73.6 Å². The quantitative estimate of drug-likeness (QED) is 0.0865. The molecule has 24 heteroatoms. The van der Waals surface area contributed by atoms with E-state index in [-0.39, 0.29) is 59.3 Å². The van der Waals surface area contributed by atoms with Crippen LogP contribution in [-0.4, -0.2) is 139 Å². The van der Waals surface area contributed by atoms with Crippen LogP contribution in [0.3, 0.4) is 0 Å². The molecule has 20 nitrogen and oxygen atoms in total. The summed E-state index contributed by atoms with van der Waals surface area (Å²) in [5.74, 6) is -6.05. The van der Waals surface area contributed by atoms with E-state index >= 15 is 0 Å². The van der Waals surface area contributed by atoms with Gasteiger partial charge in [-0.3, -0.25) is 28.8 Å². The van der Waals surface area contributed by atoms with E-state index in [9.17, 15) is 69.6 Å². The second-order valence-corrected chi connectivity index (χ2v) is 16.3.